The summed E-state index contributed by atoms with van der Waals surface area (Å²) < 4.78 is 0. The Balaban J connectivity index is 3.86. The molecule has 2 atom stereocenters. The molecule has 0 aliphatic heterocycles. The lowest BCUT2D eigenvalue weighted by Crippen LogP contribution is -2.11. The van der Waals surface area contributed by atoms with Gasteiger partial charge in [-0.2, -0.15) is 0 Å². The molecule has 0 aromatic rings. The molecule has 0 fully saturated rings. The molecule has 1 nitrogen and oxygen atoms in total. The Morgan fingerprint density at radius 1 is 1.64 bits per heavy atom. The second-order valence-corrected chi connectivity index (χ2v) is 3.00. The van der Waals surface area contributed by atoms with Crippen LogP contribution in [0.1, 0.15) is 27.2 Å². The average molecular weight is 154 g/mol. The molecule has 1 N–H and O–H groups in total. The summed E-state index contributed by atoms with van der Waals surface area (Å²) in [7, 11) is 0. The van der Waals surface area contributed by atoms with Crippen molar-refractivity contribution in [3.8, 4) is 0 Å². The van der Waals surface area contributed by atoms with Crippen LogP contribution in [-0.2, 0) is 0 Å². The lowest BCUT2D eigenvalue weighted by atomic mass is 9.99. The standard InChI is InChI=1S/C10H18O/c1-5-8(3)7-10(11)9(4)6-2/h5-6,8,10-11H,1,7H2,2-4H3/b9-6+/t8-,10+/m0/s1. The number of aliphatic hydroxyl groups is 1. The summed E-state index contributed by atoms with van der Waals surface area (Å²) >= 11 is 0. The highest BCUT2D eigenvalue weighted by molar-refractivity contribution is 5.03. The Morgan fingerprint density at radius 2 is 2.18 bits per heavy atom. The smallest absolute Gasteiger partial charge is 0.0752 e. The Morgan fingerprint density at radius 3 is 2.55 bits per heavy atom. The Hall–Kier alpha value is -0.560. The topological polar surface area (TPSA) is 20.2 Å². The normalized spacial score (nSPS) is 17.6. The van der Waals surface area contributed by atoms with Crippen LogP contribution in [0.5, 0.6) is 0 Å². The van der Waals surface area contributed by atoms with Crippen molar-refractivity contribution in [2.45, 2.75) is 33.3 Å². The first-order valence-corrected chi connectivity index (χ1v) is 4.05. The fourth-order valence-corrected chi connectivity index (χ4v) is 0.827. The van der Waals surface area contributed by atoms with E-state index in [2.05, 4.69) is 13.5 Å². The summed E-state index contributed by atoms with van der Waals surface area (Å²) in [5.41, 5.74) is 1.04. The zero-order valence-electron chi connectivity index (χ0n) is 7.67. The lowest BCUT2D eigenvalue weighted by molar-refractivity contribution is 0.188. The van der Waals surface area contributed by atoms with E-state index in [0.717, 1.165) is 12.0 Å². The van der Waals surface area contributed by atoms with Crippen LogP contribution in [0.25, 0.3) is 0 Å². The van der Waals surface area contributed by atoms with Gasteiger partial charge in [0.2, 0.25) is 0 Å². The molecule has 11 heavy (non-hydrogen) atoms. The van der Waals surface area contributed by atoms with Gasteiger partial charge in [-0.15, -0.1) is 6.58 Å². The van der Waals surface area contributed by atoms with Gasteiger partial charge in [-0.05, 0) is 31.8 Å². The van der Waals surface area contributed by atoms with E-state index in [-0.39, 0.29) is 6.10 Å². The fraction of sp³-hybridized carbons (Fsp3) is 0.600. The molecule has 64 valence electrons. The highest BCUT2D eigenvalue weighted by Gasteiger charge is 2.07. The van der Waals surface area contributed by atoms with Gasteiger partial charge in [0.05, 0.1) is 6.10 Å². The maximum absolute atomic E-state index is 9.50. The molecule has 0 heterocycles. The summed E-state index contributed by atoms with van der Waals surface area (Å²) in [5, 5.41) is 9.50. The third-order valence-corrected chi connectivity index (χ3v) is 1.98. The van der Waals surface area contributed by atoms with Crippen LogP contribution in [0.3, 0.4) is 0 Å². The largest absolute Gasteiger partial charge is 0.389 e. The van der Waals surface area contributed by atoms with Crippen molar-refractivity contribution in [1.82, 2.24) is 0 Å². The van der Waals surface area contributed by atoms with E-state index in [0.29, 0.717) is 5.92 Å². The van der Waals surface area contributed by atoms with E-state index in [1.54, 1.807) is 0 Å². The van der Waals surface area contributed by atoms with Gasteiger partial charge in [0.15, 0.2) is 0 Å². The summed E-state index contributed by atoms with van der Waals surface area (Å²) in [6.45, 7) is 9.61. The zero-order chi connectivity index (χ0) is 8.85. The van der Waals surface area contributed by atoms with Crippen molar-refractivity contribution in [2.75, 3.05) is 0 Å². The first-order chi connectivity index (χ1) is 5.11. The fourth-order valence-electron chi connectivity index (χ4n) is 0.827. The average Bonchev–Trinajstić information content (AvgIpc) is 2.02. The second kappa shape index (κ2) is 5.14. The molecular weight excluding hydrogens is 136 g/mol. The number of hydrogen-bond acceptors (Lipinski definition) is 1. The van der Waals surface area contributed by atoms with Gasteiger partial charge in [-0.25, -0.2) is 0 Å². The van der Waals surface area contributed by atoms with Gasteiger partial charge < -0.3 is 5.11 Å². The van der Waals surface area contributed by atoms with Crippen molar-refractivity contribution in [3.63, 3.8) is 0 Å². The van der Waals surface area contributed by atoms with Gasteiger partial charge in [0.1, 0.15) is 0 Å². The highest BCUT2D eigenvalue weighted by Crippen LogP contribution is 2.12. The van der Waals surface area contributed by atoms with Gasteiger partial charge >= 0.3 is 0 Å². The minimum Gasteiger partial charge on any atom is -0.389 e. The molecular formula is C10H18O. The Bertz CT molecular complexity index is 147. The zero-order valence-corrected chi connectivity index (χ0v) is 7.67. The first-order valence-electron chi connectivity index (χ1n) is 4.05. The van der Waals surface area contributed by atoms with E-state index >= 15 is 0 Å². The van der Waals surface area contributed by atoms with Crippen molar-refractivity contribution >= 4 is 0 Å². The third kappa shape index (κ3) is 3.99. The predicted molar refractivity (Wildman–Crippen MR) is 49.4 cm³/mol. The van der Waals surface area contributed by atoms with E-state index in [1.165, 1.54) is 0 Å². The number of aliphatic hydroxyl groups excluding tert-OH is 1. The van der Waals surface area contributed by atoms with Crippen LogP contribution in [0.2, 0.25) is 0 Å². The number of hydrogen-bond donors (Lipinski definition) is 1. The van der Waals surface area contributed by atoms with E-state index in [4.69, 9.17) is 0 Å². The minimum absolute atomic E-state index is 0.298. The van der Waals surface area contributed by atoms with Crippen LogP contribution < -0.4 is 0 Å². The lowest BCUT2D eigenvalue weighted by Gasteiger charge is -2.13. The van der Waals surface area contributed by atoms with Crippen LogP contribution in [-0.4, -0.2) is 11.2 Å². The van der Waals surface area contributed by atoms with Crippen molar-refractivity contribution in [3.05, 3.63) is 24.3 Å². The number of rotatable bonds is 4. The third-order valence-electron chi connectivity index (χ3n) is 1.98. The first kappa shape index (κ1) is 10.4. The van der Waals surface area contributed by atoms with Gasteiger partial charge in [0, 0.05) is 0 Å². The monoisotopic (exact) mass is 154 g/mol. The predicted octanol–water partition coefficient (Wildman–Crippen LogP) is 2.53. The van der Waals surface area contributed by atoms with Crippen molar-refractivity contribution in [1.29, 1.82) is 0 Å². The molecule has 1 heteroatoms. The molecule has 0 spiro atoms. The molecule has 0 aliphatic rings. The molecule has 0 radical (unpaired) electrons. The summed E-state index contributed by atoms with van der Waals surface area (Å²) in [4.78, 5) is 0. The second-order valence-electron chi connectivity index (χ2n) is 3.00. The van der Waals surface area contributed by atoms with Gasteiger partial charge in [-0.1, -0.05) is 19.1 Å². The van der Waals surface area contributed by atoms with E-state index < -0.39 is 0 Å². The van der Waals surface area contributed by atoms with Crippen molar-refractivity contribution < 1.29 is 5.11 Å². The quantitative estimate of drug-likeness (QED) is 0.617. The minimum atomic E-state index is -0.298. The molecule has 0 amide bonds. The molecule has 0 saturated carbocycles. The van der Waals surface area contributed by atoms with Crippen LogP contribution in [0.4, 0.5) is 0 Å². The van der Waals surface area contributed by atoms with Crippen LogP contribution >= 0.6 is 0 Å². The van der Waals surface area contributed by atoms with Gasteiger partial charge in [0.25, 0.3) is 0 Å². The molecule has 0 bridgehead atoms. The molecule has 0 aromatic heterocycles. The molecule has 0 rings (SSSR count). The molecule has 0 unspecified atom stereocenters. The molecule has 0 saturated heterocycles. The Labute approximate surface area is 69.4 Å². The Kier molecular flexibility index (Phi) is 4.88. The van der Waals surface area contributed by atoms with Crippen molar-refractivity contribution in [2.24, 2.45) is 5.92 Å². The van der Waals surface area contributed by atoms with Crippen LogP contribution in [0.15, 0.2) is 24.3 Å². The van der Waals surface area contributed by atoms with E-state index in [9.17, 15) is 5.11 Å². The molecule has 0 aliphatic carbocycles. The summed E-state index contributed by atoms with van der Waals surface area (Å²) in [6, 6.07) is 0. The highest BCUT2D eigenvalue weighted by atomic mass is 16.3. The van der Waals surface area contributed by atoms with Crippen LogP contribution in [0, 0.1) is 5.92 Å². The maximum Gasteiger partial charge on any atom is 0.0752 e. The number of allylic oxidation sites excluding steroid dienone is 2. The summed E-state index contributed by atoms with van der Waals surface area (Å²) in [6.07, 6.45) is 4.29. The maximum atomic E-state index is 9.50. The summed E-state index contributed by atoms with van der Waals surface area (Å²) in [5.74, 6) is 0.389. The van der Waals surface area contributed by atoms with E-state index in [1.807, 2.05) is 26.0 Å². The van der Waals surface area contributed by atoms with Gasteiger partial charge in [-0.3, -0.25) is 0 Å². The SMILES string of the molecule is C=C[C@H](C)C[C@@H](O)/C(C)=C/C. The molecule has 0 aromatic carbocycles.